The van der Waals surface area contributed by atoms with Crippen LogP contribution < -0.4 is 10.6 Å². The maximum Gasteiger partial charge on any atom is 0.407 e. The summed E-state index contributed by atoms with van der Waals surface area (Å²) in [6, 6.07) is 9.92. The third kappa shape index (κ3) is 4.57. The summed E-state index contributed by atoms with van der Waals surface area (Å²) < 4.78 is 5.02. The van der Waals surface area contributed by atoms with Crippen molar-refractivity contribution < 1.29 is 14.3 Å². The maximum absolute atomic E-state index is 11.3. The Morgan fingerprint density at radius 1 is 1.25 bits per heavy atom. The Morgan fingerprint density at radius 2 is 2.05 bits per heavy atom. The number of hydrogen-bond donors (Lipinski definition) is 2. The molecule has 5 nitrogen and oxygen atoms in total. The fourth-order valence-corrected chi connectivity index (χ4v) is 2.01. The molecule has 5 heteroatoms. The first-order valence-electron chi connectivity index (χ1n) is 7.00. The van der Waals surface area contributed by atoms with Crippen molar-refractivity contribution in [3.05, 3.63) is 35.9 Å². The van der Waals surface area contributed by atoms with Gasteiger partial charge in [0.25, 0.3) is 0 Å². The number of benzene rings is 1. The predicted octanol–water partition coefficient (Wildman–Crippen LogP) is 1.62. The second-order valence-corrected chi connectivity index (χ2v) is 4.87. The number of hydrogen-bond acceptors (Lipinski definition) is 3. The standard InChI is InChI=1S/C15H20N2O3/c18-14-13(11-16-14)17-15(19)20-10-6-2-5-9-12-7-3-1-4-8-12/h1,3-4,7-8,13H,2,5-6,9-11H2,(H,16,18)(H,17,19)/t13-/m0/s1. The highest BCUT2D eigenvalue weighted by Gasteiger charge is 2.29. The monoisotopic (exact) mass is 276 g/mol. The van der Waals surface area contributed by atoms with Crippen LogP contribution in [0.25, 0.3) is 0 Å². The molecule has 2 rings (SSSR count). The topological polar surface area (TPSA) is 67.4 Å². The average molecular weight is 276 g/mol. The lowest BCUT2D eigenvalue weighted by Gasteiger charge is -2.26. The van der Waals surface area contributed by atoms with Crippen LogP contribution in [-0.4, -0.2) is 31.2 Å². The van der Waals surface area contributed by atoms with Crippen molar-refractivity contribution in [2.45, 2.75) is 31.7 Å². The van der Waals surface area contributed by atoms with Gasteiger partial charge in [-0.2, -0.15) is 0 Å². The molecule has 0 aromatic heterocycles. The second-order valence-electron chi connectivity index (χ2n) is 4.87. The van der Waals surface area contributed by atoms with Gasteiger partial charge in [-0.3, -0.25) is 4.79 Å². The van der Waals surface area contributed by atoms with Crippen LogP contribution in [0.15, 0.2) is 30.3 Å². The summed E-state index contributed by atoms with van der Waals surface area (Å²) in [4.78, 5) is 22.3. The molecule has 20 heavy (non-hydrogen) atoms. The lowest BCUT2D eigenvalue weighted by atomic mass is 10.1. The van der Waals surface area contributed by atoms with Crippen LogP contribution in [0.1, 0.15) is 24.8 Å². The van der Waals surface area contributed by atoms with Gasteiger partial charge in [0.1, 0.15) is 6.04 Å². The number of nitrogens with one attached hydrogen (secondary N) is 2. The first-order chi connectivity index (χ1) is 9.75. The summed E-state index contributed by atoms with van der Waals surface area (Å²) in [7, 11) is 0. The number of β-lactam (4-membered cyclic amide) rings is 1. The summed E-state index contributed by atoms with van der Waals surface area (Å²) in [5.41, 5.74) is 1.34. The van der Waals surface area contributed by atoms with E-state index in [2.05, 4.69) is 22.8 Å². The Kier molecular flexibility index (Phi) is 5.41. The number of unbranched alkanes of at least 4 members (excludes halogenated alkanes) is 2. The minimum atomic E-state index is -0.507. The van der Waals surface area contributed by atoms with Crippen molar-refractivity contribution in [2.24, 2.45) is 0 Å². The molecule has 2 amide bonds. The molecule has 1 aromatic carbocycles. The zero-order valence-corrected chi connectivity index (χ0v) is 11.4. The van der Waals surface area contributed by atoms with Crippen molar-refractivity contribution in [3.8, 4) is 0 Å². The summed E-state index contributed by atoms with van der Waals surface area (Å²) in [5, 5.41) is 5.06. The van der Waals surface area contributed by atoms with Crippen molar-refractivity contribution in [3.63, 3.8) is 0 Å². The van der Waals surface area contributed by atoms with Gasteiger partial charge in [0.05, 0.1) is 6.61 Å². The summed E-state index contributed by atoms with van der Waals surface area (Å²) >= 11 is 0. The highest BCUT2D eigenvalue weighted by atomic mass is 16.5. The van der Waals surface area contributed by atoms with Gasteiger partial charge in [-0.25, -0.2) is 4.79 Å². The normalized spacial score (nSPS) is 17.0. The molecule has 2 N–H and O–H groups in total. The fraction of sp³-hybridized carbons (Fsp3) is 0.467. The molecule has 1 aromatic rings. The molecule has 1 fully saturated rings. The molecule has 1 aliphatic heterocycles. The van der Waals surface area contributed by atoms with E-state index in [9.17, 15) is 9.59 Å². The van der Waals surface area contributed by atoms with Crippen molar-refractivity contribution in [1.29, 1.82) is 0 Å². The molecule has 0 aliphatic carbocycles. The van der Waals surface area contributed by atoms with E-state index in [0.29, 0.717) is 13.2 Å². The van der Waals surface area contributed by atoms with Crippen LogP contribution in [-0.2, 0) is 16.0 Å². The molecule has 0 unspecified atom stereocenters. The molecular formula is C15H20N2O3. The van der Waals surface area contributed by atoms with Crippen molar-refractivity contribution in [1.82, 2.24) is 10.6 Å². The Balaban J connectivity index is 1.47. The lowest BCUT2D eigenvalue weighted by molar-refractivity contribution is -0.128. The van der Waals surface area contributed by atoms with E-state index >= 15 is 0 Å². The van der Waals surface area contributed by atoms with E-state index in [1.165, 1.54) is 5.56 Å². The third-order valence-corrected chi connectivity index (χ3v) is 3.27. The van der Waals surface area contributed by atoms with Crippen LogP contribution in [0, 0.1) is 0 Å². The van der Waals surface area contributed by atoms with Crippen molar-refractivity contribution in [2.75, 3.05) is 13.2 Å². The molecule has 1 atom stereocenters. The zero-order chi connectivity index (χ0) is 14.2. The number of alkyl carbamates (subject to hydrolysis) is 1. The fourth-order valence-electron chi connectivity index (χ4n) is 2.01. The number of amides is 2. The van der Waals surface area contributed by atoms with Gasteiger partial charge in [-0.15, -0.1) is 0 Å². The Morgan fingerprint density at radius 3 is 2.70 bits per heavy atom. The zero-order valence-electron chi connectivity index (χ0n) is 11.4. The Labute approximate surface area is 118 Å². The number of ether oxygens (including phenoxy) is 1. The SMILES string of the molecule is O=C(N[C@H]1CNC1=O)OCCCCCc1ccccc1. The summed E-state index contributed by atoms with van der Waals surface area (Å²) in [5.74, 6) is -0.148. The maximum atomic E-state index is 11.3. The number of aryl methyl sites for hydroxylation is 1. The van der Waals surface area contributed by atoms with Crippen LogP contribution in [0.4, 0.5) is 4.79 Å². The number of rotatable bonds is 7. The smallest absolute Gasteiger partial charge is 0.407 e. The van der Waals surface area contributed by atoms with Crippen LogP contribution >= 0.6 is 0 Å². The van der Waals surface area contributed by atoms with Gasteiger partial charge in [0.15, 0.2) is 0 Å². The van der Waals surface area contributed by atoms with E-state index in [1.54, 1.807) is 0 Å². The van der Waals surface area contributed by atoms with Gasteiger partial charge in [0.2, 0.25) is 5.91 Å². The van der Waals surface area contributed by atoms with E-state index in [-0.39, 0.29) is 5.91 Å². The molecule has 1 aliphatic rings. The molecule has 0 saturated carbocycles. The average Bonchev–Trinajstić information content (AvgIpc) is 2.48. The van der Waals surface area contributed by atoms with Gasteiger partial charge >= 0.3 is 6.09 Å². The van der Waals surface area contributed by atoms with E-state index in [1.807, 2.05) is 18.2 Å². The highest BCUT2D eigenvalue weighted by Crippen LogP contribution is 2.06. The highest BCUT2D eigenvalue weighted by molar-refractivity contribution is 5.90. The minimum absolute atomic E-state index is 0.148. The van der Waals surface area contributed by atoms with E-state index < -0.39 is 12.1 Å². The van der Waals surface area contributed by atoms with Gasteiger partial charge in [0, 0.05) is 6.54 Å². The lowest BCUT2D eigenvalue weighted by Crippen LogP contribution is -2.61. The van der Waals surface area contributed by atoms with E-state index in [0.717, 1.165) is 25.7 Å². The molecule has 108 valence electrons. The van der Waals surface area contributed by atoms with Crippen LogP contribution in [0.2, 0.25) is 0 Å². The first kappa shape index (κ1) is 14.4. The Bertz CT molecular complexity index is 448. The van der Waals surface area contributed by atoms with Crippen LogP contribution in [0.3, 0.4) is 0 Å². The first-order valence-corrected chi connectivity index (χ1v) is 7.00. The molecule has 1 heterocycles. The summed E-state index contributed by atoms with van der Waals surface area (Å²) in [6.07, 6.45) is 3.49. The molecule has 1 saturated heterocycles. The minimum Gasteiger partial charge on any atom is -0.450 e. The molecule has 0 bridgehead atoms. The summed E-state index contributed by atoms with van der Waals surface area (Å²) in [6.45, 7) is 0.889. The molecule has 0 radical (unpaired) electrons. The van der Waals surface area contributed by atoms with Crippen LogP contribution in [0.5, 0.6) is 0 Å². The second kappa shape index (κ2) is 7.53. The van der Waals surface area contributed by atoms with Gasteiger partial charge < -0.3 is 15.4 Å². The Hall–Kier alpha value is -2.04. The van der Waals surface area contributed by atoms with Crippen molar-refractivity contribution >= 4 is 12.0 Å². The van der Waals surface area contributed by atoms with Gasteiger partial charge in [-0.05, 0) is 31.2 Å². The third-order valence-electron chi connectivity index (χ3n) is 3.27. The molecular weight excluding hydrogens is 256 g/mol. The van der Waals surface area contributed by atoms with E-state index in [4.69, 9.17) is 4.74 Å². The number of carbonyl (C=O) groups excluding carboxylic acids is 2. The quantitative estimate of drug-likeness (QED) is 0.587. The predicted molar refractivity (Wildman–Crippen MR) is 75.3 cm³/mol. The van der Waals surface area contributed by atoms with Gasteiger partial charge in [-0.1, -0.05) is 30.3 Å². The molecule has 0 spiro atoms. The largest absolute Gasteiger partial charge is 0.450 e. The number of carbonyl (C=O) groups is 2.